The predicted molar refractivity (Wildman–Crippen MR) is 161 cm³/mol. The second-order valence-electron chi connectivity index (χ2n) is 8.79. The zero-order valence-corrected chi connectivity index (χ0v) is 23.6. The van der Waals surface area contributed by atoms with Crippen LogP contribution in [-0.4, -0.2) is 41.7 Å². The van der Waals surface area contributed by atoms with Gasteiger partial charge in [0.1, 0.15) is 12.3 Å². The second kappa shape index (κ2) is 14.0. The zero-order chi connectivity index (χ0) is 29.2. The lowest BCUT2D eigenvalue weighted by Gasteiger charge is -2.05. The highest BCUT2D eigenvalue weighted by Crippen LogP contribution is 2.33. The zero-order valence-electron chi connectivity index (χ0n) is 22.1. The maximum Gasteiger partial charge on any atom is 0.417 e. The number of hydrogen-bond acceptors (Lipinski definition) is 6. The van der Waals surface area contributed by atoms with E-state index < -0.39 is 12.1 Å². The summed E-state index contributed by atoms with van der Waals surface area (Å²) in [5.41, 5.74) is 5.06. The number of aromatic nitrogens is 1. The van der Waals surface area contributed by atoms with E-state index in [1.54, 1.807) is 42.5 Å². The lowest BCUT2D eigenvalue weighted by molar-refractivity contribution is -0.135. The van der Waals surface area contributed by atoms with Crippen molar-refractivity contribution in [3.8, 4) is 17.0 Å². The summed E-state index contributed by atoms with van der Waals surface area (Å²) in [7, 11) is 1.92. The number of para-hydroxylation sites is 1. The normalized spacial score (nSPS) is 10.4. The largest absolute Gasteiger partial charge is 0.480 e. The SMILES string of the molecule is CNCc1cccc2c3cccc(NC(=O)Oc4ccc(Br)cc4)cc-3nc12.O=C(O)CNC(=O)c1ccccc1. The van der Waals surface area contributed by atoms with Crippen LogP contribution >= 0.6 is 15.9 Å². The average molecular weight is 615 g/mol. The molecule has 1 aliphatic carbocycles. The Labute approximate surface area is 245 Å². The van der Waals surface area contributed by atoms with Crippen molar-refractivity contribution in [2.75, 3.05) is 18.9 Å². The molecule has 0 aromatic heterocycles. The Bertz CT molecular complexity index is 1630. The number of carbonyl (C=O) groups excluding carboxylic acids is 2. The topological polar surface area (TPSA) is 130 Å². The molecule has 4 N–H and O–H groups in total. The predicted octanol–water partition coefficient (Wildman–Crippen LogP) is 5.93. The molecule has 0 fully saturated rings. The van der Waals surface area contributed by atoms with Crippen molar-refractivity contribution in [3.63, 3.8) is 0 Å². The Morgan fingerprint density at radius 1 is 0.902 bits per heavy atom. The molecule has 0 spiro atoms. The number of hydrogen-bond donors (Lipinski definition) is 4. The number of nitrogens with zero attached hydrogens (tertiary/aromatic N) is 1. The molecule has 10 heteroatoms. The van der Waals surface area contributed by atoms with Gasteiger partial charge in [-0.15, -0.1) is 0 Å². The minimum atomic E-state index is -1.05. The number of carboxylic acids is 1. The van der Waals surface area contributed by atoms with Gasteiger partial charge in [0.2, 0.25) is 0 Å². The molecule has 5 rings (SSSR count). The maximum absolute atomic E-state index is 12.2. The van der Waals surface area contributed by atoms with Crippen molar-refractivity contribution in [2.24, 2.45) is 0 Å². The molecule has 208 valence electrons. The molecule has 0 unspecified atom stereocenters. The van der Waals surface area contributed by atoms with Crippen LogP contribution in [-0.2, 0) is 11.3 Å². The number of aliphatic carboxylic acids is 1. The van der Waals surface area contributed by atoms with Crippen LogP contribution in [0.1, 0.15) is 15.9 Å². The van der Waals surface area contributed by atoms with E-state index in [2.05, 4.69) is 44.0 Å². The third kappa shape index (κ3) is 8.10. The van der Waals surface area contributed by atoms with E-state index in [1.165, 1.54) is 0 Å². The van der Waals surface area contributed by atoms with Crippen molar-refractivity contribution in [1.29, 1.82) is 0 Å². The number of carboxylic acid groups (broad SMARTS) is 1. The maximum atomic E-state index is 12.2. The van der Waals surface area contributed by atoms with E-state index in [9.17, 15) is 14.4 Å². The first-order chi connectivity index (χ1) is 19.8. The first-order valence-electron chi connectivity index (χ1n) is 12.6. The van der Waals surface area contributed by atoms with Crippen LogP contribution in [0.4, 0.5) is 10.5 Å². The number of anilines is 1. The van der Waals surface area contributed by atoms with Gasteiger partial charge in [-0.05, 0) is 61.1 Å². The highest BCUT2D eigenvalue weighted by Gasteiger charge is 2.14. The monoisotopic (exact) mass is 614 g/mol. The Morgan fingerprint density at radius 3 is 2.34 bits per heavy atom. The van der Waals surface area contributed by atoms with Crippen molar-refractivity contribution < 1.29 is 24.2 Å². The molecule has 0 saturated carbocycles. The molecule has 3 aromatic rings. The van der Waals surface area contributed by atoms with Crippen molar-refractivity contribution in [3.05, 3.63) is 113 Å². The lowest BCUT2D eigenvalue weighted by atomic mass is 10.1. The van der Waals surface area contributed by atoms with Crippen LogP contribution in [0, 0.1) is 0 Å². The minimum absolute atomic E-state index is 0.353. The molecule has 2 amide bonds. The van der Waals surface area contributed by atoms with E-state index in [0.29, 0.717) is 17.0 Å². The summed E-state index contributed by atoms with van der Waals surface area (Å²) >= 11 is 3.36. The van der Waals surface area contributed by atoms with E-state index in [1.807, 2.05) is 49.5 Å². The molecule has 41 heavy (non-hydrogen) atoms. The number of ether oxygens (including phenoxy) is 1. The van der Waals surface area contributed by atoms with Crippen LogP contribution in [0.2, 0.25) is 0 Å². The summed E-state index contributed by atoms with van der Waals surface area (Å²) in [5, 5.41) is 17.6. The number of rotatable bonds is 7. The van der Waals surface area contributed by atoms with Gasteiger partial charge in [-0.1, -0.05) is 64.5 Å². The highest BCUT2D eigenvalue weighted by molar-refractivity contribution is 9.10. The van der Waals surface area contributed by atoms with Crippen LogP contribution in [0.15, 0.2) is 102 Å². The van der Waals surface area contributed by atoms with E-state index in [0.717, 1.165) is 38.7 Å². The van der Waals surface area contributed by atoms with Gasteiger partial charge in [0.25, 0.3) is 5.91 Å². The summed E-state index contributed by atoms with van der Waals surface area (Å²) in [5.74, 6) is -0.952. The Morgan fingerprint density at radius 2 is 1.63 bits per heavy atom. The summed E-state index contributed by atoms with van der Waals surface area (Å²) in [6.45, 7) is 0.394. The highest BCUT2D eigenvalue weighted by atomic mass is 79.9. The summed E-state index contributed by atoms with van der Waals surface area (Å²) in [6, 6.07) is 29.3. The summed E-state index contributed by atoms with van der Waals surface area (Å²) in [4.78, 5) is 38.3. The van der Waals surface area contributed by atoms with Gasteiger partial charge in [0.05, 0.1) is 11.2 Å². The van der Waals surface area contributed by atoms with Crippen LogP contribution in [0.5, 0.6) is 5.75 Å². The third-order valence-corrected chi connectivity index (χ3v) is 6.35. The van der Waals surface area contributed by atoms with E-state index in [4.69, 9.17) is 14.8 Å². The fourth-order valence-electron chi connectivity index (χ4n) is 4.00. The Kier molecular flexibility index (Phi) is 9.98. The molecule has 2 aliphatic rings. The van der Waals surface area contributed by atoms with Gasteiger partial charge < -0.3 is 20.5 Å². The number of carbonyl (C=O) groups is 3. The van der Waals surface area contributed by atoms with E-state index in [-0.39, 0.29) is 12.5 Å². The third-order valence-electron chi connectivity index (χ3n) is 5.82. The number of amides is 2. The van der Waals surface area contributed by atoms with Gasteiger partial charge in [0, 0.05) is 33.2 Å². The van der Waals surface area contributed by atoms with Gasteiger partial charge in [-0.2, -0.15) is 0 Å². The number of halogens is 1. The van der Waals surface area contributed by atoms with Gasteiger partial charge in [-0.3, -0.25) is 14.9 Å². The smallest absolute Gasteiger partial charge is 0.417 e. The molecule has 0 saturated heterocycles. The number of benzene rings is 3. The van der Waals surface area contributed by atoms with Crippen LogP contribution in [0.25, 0.3) is 22.2 Å². The fraction of sp³-hybridized carbons (Fsp3) is 0.0968. The molecule has 0 radical (unpaired) electrons. The first-order valence-corrected chi connectivity index (χ1v) is 13.4. The molecule has 1 heterocycles. The second-order valence-corrected chi connectivity index (χ2v) is 9.71. The summed E-state index contributed by atoms with van der Waals surface area (Å²) in [6.07, 6.45) is -0.548. The average Bonchev–Trinajstić information content (AvgIpc) is 3.19. The van der Waals surface area contributed by atoms with Gasteiger partial charge in [-0.25, -0.2) is 9.78 Å². The fourth-order valence-corrected chi connectivity index (χ4v) is 4.26. The van der Waals surface area contributed by atoms with Crippen LogP contribution in [0.3, 0.4) is 0 Å². The molecule has 0 atom stereocenters. The van der Waals surface area contributed by atoms with Crippen molar-refractivity contribution in [1.82, 2.24) is 15.6 Å². The van der Waals surface area contributed by atoms with Crippen molar-refractivity contribution >= 4 is 50.5 Å². The summed E-state index contributed by atoms with van der Waals surface area (Å²) < 4.78 is 6.25. The quantitative estimate of drug-likeness (QED) is 0.179. The van der Waals surface area contributed by atoms with Crippen LogP contribution < -0.4 is 20.7 Å². The van der Waals surface area contributed by atoms with E-state index >= 15 is 0 Å². The minimum Gasteiger partial charge on any atom is -0.480 e. The standard InChI is InChI=1S/C22H18BrN3O2.C9H9NO3/c1-24-13-14-4-2-7-19-18-6-3-5-16(12-20(18)26-21(14)19)25-22(27)28-17-10-8-15(23)9-11-17;11-8(12)6-10-9(13)7-4-2-1-3-5-7/h2-12,24H,13H2,1H3,(H,25,27);1-5H,6H2,(H,10,13)(H,11,12). The van der Waals surface area contributed by atoms with Gasteiger partial charge >= 0.3 is 12.1 Å². The number of fused-ring (bicyclic) bond motifs is 3. The molecule has 0 bridgehead atoms. The molecule has 9 nitrogen and oxygen atoms in total. The molecule has 1 aliphatic heterocycles. The molecular weight excluding hydrogens is 588 g/mol. The Balaban J connectivity index is 0.000000251. The van der Waals surface area contributed by atoms with Gasteiger partial charge in [0.15, 0.2) is 0 Å². The lowest BCUT2D eigenvalue weighted by Crippen LogP contribution is -2.29. The first kappa shape index (κ1) is 29.2. The molecule has 3 aromatic carbocycles. The molecular formula is C31H27BrN4O5. The number of nitrogens with one attached hydrogen (secondary N) is 3. The Hall–Kier alpha value is -4.80. The van der Waals surface area contributed by atoms with Crippen molar-refractivity contribution in [2.45, 2.75) is 6.54 Å².